The smallest absolute Gasteiger partial charge is 0.328 e. The summed E-state index contributed by atoms with van der Waals surface area (Å²) in [6.07, 6.45) is 1.72. The molecule has 0 bridgehead atoms. The number of carbonyl (C=O) groups excluding carboxylic acids is 1. The normalized spacial score (nSPS) is 18.5. The fraction of sp³-hybridized carbons (Fsp3) is 0.385. The van der Waals surface area contributed by atoms with Gasteiger partial charge in [0.15, 0.2) is 0 Å². The molecule has 18 heavy (non-hydrogen) atoms. The van der Waals surface area contributed by atoms with E-state index in [2.05, 4.69) is 0 Å². The van der Waals surface area contributed by atoms with Gasteiger partial charge in [-0.3, -0.25) is 0 Å². The molecule has 1 aromatic rings. The number of nitriles is 1. The van der Waals surface area contributed by atoms with Gasteiger partial charge in [-0.2, -0.15) is 5.26 Å². The second-order valence-corrected chi connectivity index (χ2v) is 4.56. The van der Waals surface area contributed by atoms with Crippen LogP contribution in [0, 0.1) is 11.3 Å². The SMILES string of the molecule is COC(=O)C1CCCN1c1ccc(C#N)c(Cl)c1. The summed E-state index contributed by atoms with van der Waals surface area (Å²) in [6.45, 7) is 0.794. The topological polar surface area (TPSA) is 53.3 Å². The Kier molecular flexibility index (Phi) is 3.73. The average molecular weight is 265 g/mol. The second-order valence-electron chi connectivity index (χ2n) is 4.15. The Morgan fingerprint density at radius 1 is 1.61 bits per heavy atom. The van der Waals surface area contributed by atoms with Gasteiger partial charge in [0.2, 0.25) is 0 Å². The molecular formula is C13H13ClN2O2. The maximum Gasteiger partial charge on any atom is 0.328 e. The quantitative estimate of drug-likeness (QED) is 0.770. The molecule has 2 rings (SSSR count). The lowest BCUT2D eigenvalue weighted by Crippen LogP contribution is -2.36. The van der Waals surface area contributed by atoms with E-state index in [0.717, 1.165) is 25.1 Å². The van der Waals surface area contributed by atoms with Crippen molar-refractivity contribution in [2.24, 2.45) is 0 Å². The summed E-state index contributed by atoms with van der Waals surface area (Å²) < 4.78 is 4.80. The Hall–Kier alpha value is -1.73. The number of nitrogens with zero attached hydrogens (tertiary/aromatic N) is 2. The lowest BCUT2D eigenvalue weighted by Gasteiger charge is -2.25. The van der Waals surface area contributed by atoms with Gasteiger partial charge in [0.1, 0.15) is 12.1 Å². The van der Waals surface area contributed by atoms with E-state index in [1.165, 1.54) is 7.11 Å². The predicted octanol–water partition coefficient (Wildman–Crippen LogP) is 2.35. The molecule has 1 atom stereocenters. The van der Waals surface area contributed by atoms with Crippen molar-refractivity contribution in [1.82, 2.24) is 0 Å². The molecule has 1 unspecified atom stereocenters. The zero-order chi connectivity index (χ0) is 13.1. The summed E-state index contributed by atoms with van der Waals surface area (Å²) in [7, 11) is 1.39. The molecule has 0 N–H and O–H groups in total. The van der Waals surface area contributed by atoms with Gasteiger partial charge >= 0.3 is 5.97 Å². The summed E-state index contributed by atoms with van der Waals surface area (Å²) in [6, 6.07) is 6.97. The maximum absolute atomic E-state index is 11.7. The van der Waals surface area contributed by atoms with E-state index in [9.17, 15) is 4.79 Å². The standard InChI is InChI=1S/C13H13ClN2O2/c1-18-13(17)12-3-2-6-16(12)10-5-4-9(8-15)11(14)7-10/h4-5,7,12H,2-3,6H2,1H3. The first-order chi connectivity index (χ1) is 8.67. The number of anilines is 1. The fourth-order valence-electron chi connectivity index (χ4n) is 2.23. The van der Waals surface area contributed by atoms with Gasteiger partial charge in [0, 0.05) is 12.2 Å². The molecule has 0 aromatic heterocycles. The van der Waals surface area contributed by atoms with Crippen molar-refractivity contribution < 1.29 is 9.53 Å². The molecule has 0 aliphatic carbocycles. The van der Waals surface area contributed by atoms with Gasteiger partial charge in [0.05, 0.1) is 17.7 Å². The summed E-state index contributed by atoms with van der Waals surface area (Å²) in [5, 5.41) is 9.24. The number of carbonyl (C=O) groups is 1. The Morgan fingerprint density at radius 3 is 3.00 bits per heavy atom. The third-order valence-electron chi connectivity index (χ3n) is 3.13. The predicted molar refractivity (Wildman–Crippen MR) is 68.6 cm³/mol. The average Bonchev–Trinajstić information content (AvgIpc) is 2.86. The van der Waals surface area contributed by atoms with E-state index in [1.807, 2.05) is 17.0 Å². The number of benzene rings is 1. The molecule has 1 aliphatic rings. The molecule has 0 saturated carbocycles. The van der Waals surface area contributed by atoms with Gasteiger partial charge in [-0.1, -0.05) is 11.6 Å². The number of ether oxygens (including phenoxy) is 1. The third kappa shape index (κ3) is 2.27. The number of hydrogen-bond donors (Lipinski definition) is 0. The van der Waals surface area contributed by atoms with Crippen LogP contribution in [0.4, 0.5) is 5.69 Å². The number of rotatable bonds is 2. The molecule has 1 aliphatic heterocycles. The van der Waals surface area contributed by atoms with Crippen molar-refractivity contribution in [1.29, 1.82) is 5.26 Å². The number of hydrogen-bond acceptors (Lipinski definition) is 4. The zero-order valence-electron chi connectivity index (χ0n) is 10.0. The highest BCUT2D eigenvalue weighted by Crippen LogP contribution is 2.29. The molecule has 1 aromatic carbocycles. The summed E-state index contributed by atoms with van der Waals surface area (Å²) in [5.41, 5.74) is 1.29. The molecule has 0 spiro atoms. The van der Waals surface area contributed by atoms with E-state index in [1.54, 1.807) is 12.1 Å². The van der Waals surface area contributed by atoms with Crippen LogP contribution in [0.3, 0.4) is 0 Å². The largest absolute Gasteiger partial charge is 0.467 e. The van der Waals surface area contributed by atoms with Crippen molar-refractivity contribution >= 4 is 23.3 Å². The molecule has 1 heterocycles. The fourth-order valence-corrected chi connectivity index (χ4v) is 2.45. The van der Waals surface area contributed by atoms with Gasteiger partial charge in [-0.05, 0) is 31.0 Å². The Bertz CT molecular complexity index is 510. The first kappa shape index (κ1) is 12.7. The summed E-state index contributed by atoms with van der Waals surface area (Å²) >= 11 is 6.00. The lowest BCUT2D eigenvalue weighted by atomic mass is 10.2. The lowest BCUT2D eigenvalue weighted by molar-refractivity contribution is -0.141. The van der Waals surface area contributed by atoms with Crippen LogP contribution < -0.4 is 4.90 Å². The minimum Gasteiger partial charge on any atom is -0.467 e. The van der Waals surface area contributed by atoms with E-state index >= 15 is 0 Å². The Morgan fingerprint density at radius 2 is 2.39 bits per heavy atom. The van der Waals surface area contributed by atoms with Crippen LogP contribution in [-0.2, 0) is 9.53 Å². The maximum atomic E-state index is 11.7. The number of halogens is 1. The van der Waals surface area contributed by atoms with Crippen LogP contribution in [0.5, 0.6) is 0 Å². The molecule has 1 fully saturated rings. The van der Waals surface area contributed by atoms with E-state index < -0.39 is 0 Å². The first-order valence-electron chi connectivity index (χ1n) is 5.71. The summed E-state index contributed by atoms with van der Waals surface area (Å²) in [4.78, 5) is 13.6. The van der Waals surface area contributed by atoms with Crippen molar-refractivity contribution in [3.05, 3.63) is 28.8 Å². The number of esters is 1. The van der Waals surface area contributed by atoms with Crippen molar-refractivity contribution in [3.63, 3.8) is 0 Å². The minimum absolute atomic E-state index is 0.229. The van der Waals surface area contributed by atoms with E-state index in [-0.39, 0.29) is 12.0 Å². The van der Waals surface area contributed by atoms with Gasteiger partial charge in [-0.15, -0.1) is 0 Å². The molecule has 0 amide bonds. The van der Waals surface area contributed by atoms with Gasteiger partial charge in [0.25, 0.3) is 0 Å². The zero-order valence-corrected chi connectivity index (χ0v) is 10.8. The molecule has 1 saturated heterocycles. The summed E-state index contributed by atoms with van der Waals surface area (Å²) in [5.74, 6) is -0.229. The monoisotopic (exact) mass is 264 g/mol. The van der Waals surface area contributed by atoms with Gasteiger partial charge < -0.3 is 9.64 Å². The Labute approximate surface area is 111 Å². The Balaban J connectivity index is 2.28. The van der Waals surface area contributed by atoms with Crippen LogP contribution in [0.25, 0.3) is 0 Å². The van der Waals surface area contributed by atoms with Gasteiger partial charge in [-0.25, -0.2) is 4.79 Å². The van der Waals surface area contributed by atoms with Crippen molar-refractivity contribution in [2.45, 2.75) is 18.9 Å². The molecule has 5 heteroatoms. The van der Waals surface area contributed by atoms with Crippen LogP contribution in [-0.4, -0.2) is 25.7 Å². The van der Waals surface area contributed by atoms with Crippen LogP contribution in [0.2, 0.25) is 5.02 Å². The molecule has 94 valence electrons. The highest BCUT2D eigenvalue weighted by atomic mass is 35.5. The van der Waals surface area contributed by atoms with E-state index in [0.29, 0.717) is 10.6 Å². The first-order valence-corrected chi connectivity index (χ1v) is 6.09. The minimum atomic E-state index is -0.251. The molecular weight excluding hydrogens is 252 g/mol. The van der Waals surface area contributed by atoms with Crippen LogP contribution in [0.1, 0.15) is 18.4 Å². The molecule has 0 radical (unpaired) electrons. The number of methoxy groups -OCH3 is 1. The second kappa shape index (κ2) is 5.28. The van der Waals surface area contributed by atoms with Crippen molar-refractivity contribution in [2.75, 3.05) is 18.6 Å². The van der Waals surface area contributed by atoms with Crippen LogP contribution >= 0.6 is 11.6 Å². The van der Waals surface area contributed by atoms with E-state index in [4.69, 9.17) is 21.6 Å². The highest BCUT2D eigenvalue weighted by molar-refractivity contribution is 6.32. The van der Waals surface area contributed by atoms with Crippen LogP contribution in [0.15, 0.2) is 18.2 Å². The highest BCUT2D eigenvalue weighted by Gasteiger charge is 2.31. The third-order valence-corrected chi connectivity index (χ3v) is 3.44. The van der Waals surface area contributed by atoms with Crippen molar-refractivity contribution in [3.8, 4) is 6.07 Å². The molecule has 4 nitrogen and oxygen atoms in total.